The predicted octanol–water partition coefficient (Wildman–Crippen LogP) is 2.06. The van der Waals surface area contributed by atoms with Crippen LogP contribution in [0.3, 0.4) is 0 Å². The second-order valence-corrected chi connectivity index (χ2v) is 2.54. The molecule has 0 fully saturated rings. The number of rotatable bonds is 3. The van der Waals surface area contributed by atoms with E-state index in [1.807, 2.05) is 0 Å². The van der Waals surface area contributed by atoms with E-state index in [0.717, 1.165) is 0 Å². The first-order valence-corrected chi connectivity index (χ1v) is 3.84. The lowest BCUT2D eigenvalue weighted by atomic mass is 10.4. The van der Waals surface area contributed by atoms with Crippen molar-refractivity contribution in [3.05, 3.63) is 18.3 Å². The van der Waals surface area contributed by atoms with Gasteiger partial charge in [-0.1, -0.05) is 0 Å². The molecule has 0 aliphatic heterocycles. The Kier molecular flexibility index (Phi) is 3.16. The number of alkyl halides is 3. The number of hydrogen-bond donors (Lipinski definition) is 1. The second kappa shape index (κ2) is 4.17. The van der Waals surface area contributed by atoms with Gasteiger partial charge in [0.25, 0.3) is 0 Å². The molecule has 1 N–H and O–H groups in total. The number of pyridine rings is 1. The second-order valence-electron chi connectivity index (χ2n) is 2.54. The third-order valence-electron chi connectivity index (χ3n) is 1.41. The van der Waals surface area contributed by atoms with Gasteiger partial charge in [0.15, 0.2) is 6.61 Å². The number of hydrogen-bond acceptors (Lipinski definition) is 3. The maximum atomic E-state index is 11.8. The Hall–Kier alpha value is -1.46. The van der Waals surface area contributed by atoms with E-state index in [9.17, 15) is 13.2 Å². The summed E-state index contributed by atoms with van der Waals surface area (Å²) in [7, 11) is 1.66. The van der Waals surface area contributed by atoms with Gasteiger partial charge in [0.05, 0.1) is 0 Å². The molecule has 0 bridgehead atoms. The Labute approximate surface area is 78.9 Å². The smallest absolute Gasteiger partial charge is 0.422 e. The summed E-state index contributed by atoms with van der Waals surface area (Å²) >= 11 is 0. The number of nitrogens with zero attached hydrogens (tertiary/aromatic N) is 1. The molecule has 1 aromatic rings. The maximum absolute atomic E-state index is 11.8. The Morgan fingerprint density at radius 2 is 2.21 bits per heavy atom. The minimum Gasteiger partial charge on any atom is -0.468 e. The summed E-state index contributed by atoms with van der Waals surface area (Å²) in [6, 6.07) is 3.02. The lowest BCUT2D eigenvalue weighted by molar-refractivity contribution is -0.154. The van der Waals surface area contributed by atoms with Crippen LogP contribution in [0.1, 0.15) is 0 Å². The molecular formula is C8H9F3N2O. The van der Waals surface area contributed by atoms with Crippen LogP contribution in [0.4, 0.5) is 18.9 Å². The highest BCUT2D eigenvalue weighted by Crippen LogP contribution is 2.18. The average molecular weight is 206 g/mol. The van der Waals surface area contributed by atoms with Crippen LogP contribution in [0, 0.1) is 0 Å². The van der Waals surface area contributed by atoms with E-state index in [-0.39, 0.29) is 5.88 Å². The van der Waals surface area contributed by atoms with E-state index >= 15 is 0 Å². The first kappa shape index (κ1) is 10.6. The summed E-state index contributed by atoms with van der Waals surface area (Å²) in [5, 5.41) is 2.76. The summed E-state index contributed by atoms with van der Waals surface area (Å²) in [5.41, 5.74) is 0.650. The third kappa shape index (κ3) is 3.51. The zero-order valence-electron chi connectivity index (χ0n) is 7.43. The first-order chi connectivity index (χ1) is 6.51. The van der Waals surface area contributed by atoms with Crippen LogP contribution in [-0.2, 0) is 0 Å². The fraction of sp³-hybridized carbons (Fsp3) is 0.375. The van der Waals surface area contributed by atoms with Crippen molar-refractivity contribution < 1.29 is 17.9 Å². The van der Waals surface area contributed by atoms with Crippen LogP contribution in [0.2, 0.25) is 0 Å². The van der Waals surface area contributed by atoms with Gasteiger partial charge >= 0.3 is 6.18 Å². The lowest BCUT2D eigenvalue weighted by Gasteiger charge is -2.08. The number of aromatic nitrogens is 1. The minimum atomic E-state index is -4.34. The normalized spacial score (nSPS) is 11.1. The molecule has 0 radical (unpaired) electrons. The van der Waals surface area contributed by atoms with Crippen LogP contribution in [-0.4, -0.2) is 24.8 Å². The lowest BCUT2D eigenvalue weighted by Crippen LogP contribution is -2.19. The monoisotopic (exact) mass is 206 g/mol. The van der Waals surface area contributed by atoms with Gasteiger partial charge in [-0.15, -0.1) is 0 Å². The minimum absolute atomic E-state index is 0.0471. The highest BCUT2D eigenvalue weighted by atomic mass is 19.4. The van der Waals surface area contributed by atoms with Crippen molar-refractivity contribution in [3.8, 4) is 5.88 Å². The van der Waals surface area contributed by atoms with Gasteiger partial charge in [-0.3, -0.25) is 0 Å². The molecule has 0 aliphatic rings. The van der Waals surface area contributed by atoms with E-state index in [2.05, 4.69) is 15.0 Å². The predicted molar refractivity (Wildman–Crippen MR) is 45.3 cm³/mol. The molecule has 1 rings (SSSR count). The average Bonchev–Trinajstić information content (AvgIpc) is 2.14. The summed E-state index contributed by atoms with van der Waals surface area (Å²) in [5.74, 6) is -0.0471. The zero-order chi connectivity index (χ0) is 10.6. The summed E-state index contributed by atoms with van der Waals surface area (Å²) < 4.78 is 39.7. The van der Waals surface area contributed by atoms with E-state index < -0.39 is 12.8 Å². The number of halogens is 3. The van der Waals surface area contributed by atoms with E-state index in [4.69, 9.17) is 0 Å². The fourth-order valence-electron chi connectivity index (χ4n) is 0.800. The standard InChI is InChI=1S/C8H9F3N2O/c1-12-6-2-3-13-7(4-6)14-5-8(9,10)11/h2-4H,5H2,1H3,(H,12,13). The molecule has 78 valence electrons. The molecule has 6 heteroatoms. The van der Waals surface area contributed by atoms with Gasteiger partial charge in [-0.2, -0.15) is 13.2 Å². The molecule has 0 saturated heterocycles. The third-order valence-corrected chi connectivity index (χ3v) is 1.41. The molecular weight excluding hydrogens is 197 g/mol. The molecule has 14 heavy (non-hydrogen) atoms. The molecule has 3 nitrogen and oxygen atoms in total. The fourth-order valence-corrected chi connectivity index (χ4v) is 0.800. The van der Waals surface area contributed by atoms with Gasteiger partial charge in [-0.25, -0.2) is 4.98 Å². The van der Waals surface area contributed by atoms with Crippen LogP contribution in [0.25, 0.3) is 0 Å². The van der Waals surface area contributed by atoms with Gasteiger partial charge in [-0.05, 0) is 6.07 Å². The van der Waals surface area contributed by atoms with Gasteiger partial charge in [0.2, 0.25) is 5.88 Å². The Bertz CT molecular complexity index is 301. The number of anilines is 1. The van der Waals surface area contributed by atoms with Crippen molar-refractivity contribution in [2.45, 2.75) is 6.18 Å². The Morgan fingerprint density at radius 1 is 1.50 bits per heavy atom. The van der Waals surface area contributed by atoms with Gasteiger partial charge in [0.1, 0.15) is 0 Å². The van der Waals surface area contributed by atoms with Crippen molar-refractivity contribution in [2.75, 3.05) is 19.0 Å². The van der Waals surface area contributed by atoms with Crippen molar-refractivity contribution >= 4 is 5.69 Å². The highest BCUT2D eigenvalue weighted by Gasteiger charge is 2.28. The molecule has 0 saturated carbocycles. The van der Waals surface area contributed by atoms with Crippen molar-refractivity contribution in [2.24, 2.45) is 0 Å². The zero-order valence-corrected chi connectivity index (χ0v) is 7.43. The van der Waals surface area contributed by atoms with Crippen molar-refractivity contribution in [3.63, 3.8) is 0 Å². The van der Waals surface area contributed by atoms with Crippen LogP contribution in [0.5, 0.6) is 5.88 Å². The molecule has 0 aliphatic carbocycles. The van der Waals surface area contributed by atoms with Crippen LogP contribution >= 0.6 is 0 Å². The molecule has 1 aromatic heterocycles. The van der Waals surface area contributed by atoms with Crippen LogP contribution in [0.15, 0.2) is 18.3 Å². The molecule has 0 aromatic carbocycles. The van der Waals surface area contributed by atoms with Gasteiger partial charge in [0, 0.05) is 25.0 Å². The van der Waals surface area contributed by atoms with Crippen LogP contribution < -0.4 is 10.1 Å². The van der Waals surface area contributed by atoms with E-state index in [0.29, 0.717) is 5.69 Å². The molecule has 0 atom stereocenters. The van der Waals surface area contributed by atoms with E-state index in [1.54, 1.807) is 13.1 Å². The largest absolute Gasteiger partial charge is 0.468 e. The maximum Gasteiger partial charge on any atom is 0.422 e. The Balaban J connectivity index is 2.59. The summed E-state index contributed by atoms with van der Waals surface area (Å²) in [6.07, 6.45) is -2.96. The molecule has 0 amide bonds. The quantitative estimate of drug-likeness (QED) is 0.821. The highest BCUT2D eigenvalue weighted by molar-refractivity contribution is 5.44. The molecule has 0 spiro atoms. The van der Waals surface area contributed by atoms with Gasteiger partial charge < -0.3 is 10.1 Å². The van der Waals surface area contributed by atoms with E-state index in [1.165, 1.54) is 12.3 Å². The SMILES string of the molecule is CNc1ccnc(OCC(F)(F)F)c1. The number of ether oxygens (including phenoxy) is 1. The van der Waals surface area contributed by atoms with Crippen molar-refractivity contribution in [1.29, 1.82) is 0 Å². The molecule has 0 unspecified atom stereocenters. The van der Waals surface area contributed by atoms with Crippen molar-refractivity contribution in [1.82, 2.24) is 4.98 Å². The topological polar surface area (TPSA) is 34.2 Å². The Morgan fingerprint density at radius 3 is 2.79 bits per heavy atom. The molecule has 1 heterocycles. The summed E-state index contributed by atoms with van der Waals surface area (Å²) in [6.45, 7) is -1.33. The first-order valence-electron chi connectivity index (χ1n) is 3.84. The number of nitrogens with one attached hydrogen (secondary N) is 1. The summed E-state index contributed by atoms with van der Waals surface area (Å²) in [4.78, 5) is 3.63.